The van der Waals surface area contributed by atoms with E-state index in [1.165, 1.54) is 16.9 Å². The third-order valence-electron chi connectivity index (χ3n) is 5.63. The maximum absolute atomic E-state index is 13.1. The Kier molecular flexibility index (Phi) is 4.87. The molecule has 0 bridgehead atoms. The summed E-state index contributed by atoms with van der Waals surface area (Å²) >= 11 is 1.46. The number of rotatable bonds is 4. The quantitative estimate of drug-likeness (QED) is 0.707. The lowest BCUT2D eigenvalue weighted by Gasteiger charge is -2.28. The number of carbonyl (C=O) groups is 1. The van der Waals surface area contributed by atoms with Gasteiger partial charge in [0.1, 0.15) is 0 Å². The van der Waals surface area contributed by atoms with Crippen molar-refractivity contribution in [3.05, 3.63) is 67.6 Å². The Morgan fingerprint density at radius 1 is 1.19 bits per heavy atom. The van der Waals surface area contributed by atoms with Crippen LogP contribution in [-0.4, -0.2) is 21.8 Å². The predicted molar refractivity (Wildman–Crippen MR) is 110 cm³/mol. The van der Waals surface area contributed by atoms with Crippen LogP contribution in [-0.2, 0) is 6.54 Å². The van der Waals surface area contributed by atoms with Crippen molar-refractivity contribution in [2.45, 2.75) is 52.1 Å². The van der Waals surface area contributed by atoms with Gasteiger partial charge in [0.25, 0.3) is 11.5 Å². The summed E-state index contributed by atoms with van der Waals surface area (Å²) in [7, 11) is 0. The molecule has 0 aliphatic heterocycles. The Hall–Kier alpha value is -2.40. The second-order valence-electron chi connectivity index (χ2n) is 7.50. The molecule has 1 amide bonds. The highest BCUT2D eigenvalue weighted by Gasteiger charge is 2.28. The first-order chi connectivity index (χ1) is 13.0. The van der Waals surface area contributed by atoms with Crippen LogP contribution in [0.25, 0.3) is 10.9 Å². The van der Waals surface area contributed by atoms with Crippen LogP contribution < -0.4 is 5.56 Å². The van der Waals surface area contributed by atoms with Crippen LogP contribution in [0.5, 0.6) is 0 Å². The molecular weight excluding hydrogens is 356 g/mol. The number of thiophene rings is 1. The van der Waals surface area contributed by atoms with Gasteiger partial charge in [0.05, 0.1) is 11.4 Å². The molecule has 1 aromatic carbocycles. The first kappa shape index (κ1) is 18.0. The smallest absolute Gasteiger partial charge is 0.264 e. The molecule has 1 saturated carbocycles. The van der Waals surface area contributed by atoms with Gasteiger partial charge < -0.3 is 9.88 Å². The Morgan fingerprint density at radius 2 is 1.93 bits per heavy atom. The lowest BCUT2D eigenvalue weighted by Crippen LogP contribution is -2.39. The fourth-order valence-corrected chi connectivity index (χ4v) is 4.63. The summed E-state index contributed by atoms with van der Waals surface area (Å²) in [4.78, 5) is 31.5. The average molecular weight is 381 g/mol. The third kappa shape index (κ3) is 3.56. The number of hydrogen-bond donors (Lipinski definition) is 1. The van der Waals surface area contributed by atoms with E-state index >= 15 is 0 Å². The van der Waals surface area contributed by atoms with Crippen LogP contribution in [0.4, 0.5) is 0 Å². The highest BCUT2D eigenvalue weighted by Crippen LogP contribution is 2.27. The molecule has 1 aliphatic rings. The van der Waals surface area contributed by atoms with Crippen LogP contribution in [0.15, 0.2) is 40.5 Å². The fourth-order valence-electron chi connectivity index (χ4n) is 3.95. The number of aromatic amines is 1. The molecule has 1 N–H and O–H groups in total. The van der Waals surface area contributed by atoms with Crippen molar-refractivity contribution in [1.82, 2.24) is 9.88 Å². The molecule has 2 aromatic heterocycles. The summed E-state index contributed by atoms with van der Waals surface area (Å²) in [5.74, 6) is 0.0384. The molecular formula is C22H24N2O2S. The van der Waals surface area contributed by atoms with Gasteiger partial charge in [0, 0.05) is 17.1 Å². The van der Waals surface area contributed by atoms with Crippen molar-refractivity contribution in [1.29, 1.82) is 0 Å². The Balaban J connectivity index is 1.72. The first-order valence-electron chi connectivity index (χ1n) is 9.50. The van der Waals surface area contributed by atoms with E-state index in [9.17, 15) is 9.59 Å². The molecule has 3 aromatic rings. The number of hydrogen-bond acceptors (Lipinski definition) is 3. The van der Waals surface area contributed by atoms with Crippen LogP contribution in [0, 0.1) is 13.8 Å². The zero-order valence-corrected chi connectivity index (χ0v) is 16.6. The lowest BCUT2D eigenvalue weighted by atomic mass is 10.0. The summed E-state index contributed by atoms with van der Waals surface area (Å²) in [6, 6.07) is 10.1. The minimum atomic E-state index is -0.104. The van der Waals surface area contributed by atoms with Gasteiger partial charge in [-0.15, -0.1) is 11.3 Å². The molecule has 0 spiro atoms. The average Bonchev–Trinajstić information content (AvgIpc) is 3.35. The normalized spacial score (nSPS) is 14.7. The monoisotopic (exact) mass is 380 g/mol. The minimum Gasteiger partial charge on any atom is -0.330 e. The lowest BCUT2D eigenvalue weighted by molar-refractivity contribution is 0.0669. The van der Waals surface area contributed by atoms with Crippen molar-refractivity contribution in [3.8, 4) is 0 Å². The van der Waals surface area contributed by atoms with E-state index in [1.54, 1.807) is 0 Å². The largest absolute Gasteiger partial charge is 0.330 e. The van der Waals surface area contributed by atoms with Crippen molar-refractivity contribution in [2.75, 3.05) is 0 Å². The molecule has 4 nitrogen and oxygen atoms in total. The number of nitrogens with one attached hydrogen (secondary N) is 1. The number of aromatic nitrogens is 1. The van der Waals surface area contributed by atoms with Gasteiger partial charge in [-0.2, -0.15) is 0 Å². The van der Waals surface area contributed by atoms with Crippen LogP contribution in [0.2, 0.25) is 0 Å². The molecule has 4 rings (SSSR count). The number of fused-ring (bicyclic) bond motifs is 1. The summed E-state index contributed by atoms with van der Waals surface area (Å²) in [5, 5.41) is 2.94. The number of amides is 1. The minimum absolute atomic E-state index is 0.0384. The van der Waals surface area contributed by atoms with Gasteiger partial charge in [-0.1, -0.05) is 18.9 Å². The van der Waals surface area contributed by atoms with E-state index in [0.717, 1.165) is 47.0 Å². The fraction of sp³-hybridized carbons (Fsp3) is 0.364. The summed E-state index contributed by atoms with van der Waals surface area (Å²) in [5.41, 5.74) is 3.76. The van der Waals surface area contributed by atoms with E-state index in [2.05, 4.69) is 18.0 Å². The second kappa shape index (κ2) is 7.31. The maximum Gasteiger partial charge on any atom is 0.264 e. The van der Waals surface area contributed by atoms with Gasteiger partial charge in [-0.3, -0.25) is 9.59 Å². The highest BCUT2D eigenvalue weighted by molar-refractivity contribution is 7.12. The topological polar surface area (TPSA) is 53.2 Å². The van der Waals surface area contributed by atoms with Crippen molar-refractivity contribution in [2.24, 2.45) is 0 Å². The first-order valence-corrected chi connectivity index (χ1v) is 10.4. The molecule has 5 heteroatoms. The van der Waals surface area contributed by atoms with Crippen molar-refractivity contribution in [3.63, 3.8) is 0 Å². The molecule has 0 unspecified atom stereocenters. The second-order valence-corrected chi connectivity index (χ2v) is 8.44. The number of benzene rings is 1. The number of nitrogens with zero attached hydrogens (tertiary/aromatic N) is 1. The van der Waals surface area contributed by atoms with E-state index in [1.807, 2.05) is 41.5 Å². The van der Waals surface area contributed by atoms with Crippen molar-refractivity contribution >= 4 is 28.1 Å². The summed E-state index contributed by atoms with van der Waals surface area (Å²) < 4.78 is 0. The van der Waals surface area contributed by atoms with E-state index < -0.39 is 0 Å². The maximum atomic E-state index is 13.1. The number of carbonyl (C=O) groups excluding carboxylic acids is 1. The summed E-state index contributed by atoms with van der Waals surface area (Å²) in [6.07, 6.45) is 4.32. The van der Waals surface area contributed by atoms with Crippen molar-refractivity contribution < 1.29 is 4.79 Å². The Morgan fingerprint density at radius 3 is 2.63 bits per heavy atom. The van der Waals surface area contributed by atoms with Gasteiger partial charge in [0.2, 0.25) is 0 Å². The predicted octanol–water partition coefficient (Wildman–Crippen LogP) is 4.79. The Bertz CT molecular complexity index is 1030. The van der Waals surface area contributed by atoms with Gasteiger partial charge in [-0.25, -0.2) is 0 Å². The summed E-state index contributed by atoms with van der Waals surface area (Å²) in [6.45, 7) is 4.48. The van der Waals surface area contributed by atoms with Gasteiger partial charge in [-0.05, 0) is 72.8 Å². The number of H-pyrrole nitrogens is 1. The zero-order chi connectivity index (χ0) is 19.0. The highest BCUT2D eigenvalue weighted by atomic mass is 32.1. The molecule has 2 heterocycles. The molecule has 0 saturated heterocycles. The third-order valence-corrected chi connectivity index (χ3v) is 6.49. The molecule has 27 heavy (non-hydrogen) atoms. The Labute approximate surface area is 162 Å². The molecule has 0 radical (unpaired) electrons. The number of pyridine rings is 1. The SMILES string of the molecule is Cc1cc2cc(CN(C(=O)c3cccs3)C3CCCC3)c(=O)[nH]c2cc1C. The zero-order valence-electron chi connectivity index (χ0n) is 15.7. The molecule has 0 atom stereocenters. The van der Waals surface area contributed by atoms with E-state index in [4.69, 9.17) is 0 Å². The van der Waals surface area contributed by atoms with Crippen LogP contribution >= 0.6 is 11.3 Å². The molecule has 1 aliphatic carbocycles. The van der Waals surface area contributed by atoms with Crippen LogP contribution in [0.3, 0.4) is 0 Å². The molecule has 1 fully saturated rings. The van der Waals surface area contributed by atoms with Gasteiger partial charge in [0.15, 0.2) is 0 Å². The van der Waals surface area contributed by atoms with Gasteiger partial charge >= 0.3 is 0 Å². The van der Waals surface area contributed by atoms with E-state index in [0.29, 0.717) is 12.1 Å². The number of aryl methyl sites for hydroxylation is 2. The standard InChI is InChI=1S/C22H24N2O2S/c1-14-10-16-12-17(21(25)23-19(16)11-15(14)2)13-24(18-6-3-4-7-18)22(26)20-8-5-9-27-20/h5,8-12,18H,3-4,6-7,13H2,1-2H3,(H,23,25). The van der Waals surface area contributed by atoms with Crippen LogP contribution in [0.1, 0.15) is 52.0 Å². The molecule has 140 valence electrons. The van der Waals surface area contributed by atoms with E-state index in [-0.39, 0.29) is 17.5 Å².